The van der Waals surface area contributed by atoms with Crippen molar-refractivity contribution in [2.45, 2.75) is 45.6 Å². The molecule has 1 aromatic rings. The minimum Gasteiger partial charge on any atom is -0.379 e. The molecule has 1 aromatic heterocycles. The molecular formula is C17H27N3O2. The van der Waals surface area contributed by atoms with E-state index in [1.807, 2.05) is 26.0 Å². The van der Waals surface area contributed by atoms with Gasteiger partial charge in [0.1, 0.15) is 5.82 Å². The lowest BCUT2D eigenvalue weighted by atomic mass is 10.1. The molecule has 0 spiro atoms. The highest BCUT2D eigenvalue weighted by atomic mass is 16.5. The van der Waals surface area contributed by atoms with Gasteiger partial charge in [-0.05, 0) is 51.7 Å². The van der Waals surface area contributed by atoms with Crippen LogP contribution in [0.25, 0.3) is 0 Å². The van der Waals surface area contributed by atoms with Gasteiger partial charge in [0.2, 0.25) is 0 Å². The third-order valence-corrected chi connectivity index (χ3v) is 3.74. The second kappa shape index (κ2) is 8.73. The summed E-state index contributed by atoms with van der Waals surface area (Å²) >= 11 is 0. The van der Waals surface area contributed by atoms with Gasteiger partial charge < -0.3 is 15.0 Å². The Morgan fingerprint density at radius 2 is 2.14 bits per heavy atom. The van der Waals surface area contributed by atoms with Gasteiger partial charge in [-0.1, -0.05) is 0 Å². The Morgan fingerprint density at radius 3 is 2.86 bits per heavy atom. The predicted molar refractivity (Wildman–Crippen MR) is 88.3 cm³/mol. The van der Waals surface area contributed by atoms with Gasteiger partial charge >= 0.3 is 0 Å². The van der Waals surface area contributed by atoms with Crippen molar-refractivity contribution in [3.63, 3.8) is 0 Å². The molecule has 1 aliphatic rings. The quantitative estimate of drug-likeness (QED) is 0.787. The minimum atomic E-state index is -0.0433. The topological polar surface area (TPSA) is 54.5 Å². The van der Waals surface area contributed by atoms with Crippen LogP contribution in [0.5, 0.6) is 0 Å². The van der Waals surface area contributed by atoms with Gasteiger partial charge in [-0.2, -0.15) is 0 Å². The van der Waals surface area contributed by atoms with Crippen molar-refractivity contribution in [1.29, 1.82) is 0 Å². The standard InChI is InChI=1S/C17H27N3O2/c1-14(2)22-13-7-10-19-17(21)15-8-6-9-18-16(15)20-11-4-3-5-12-20/h6,8-9,14H,3-5,7,10-13H2,1-2H3,(H,19,21). The first-order valence-corrected chi connectivity index (χ1v) is 8.28. The first-order chi connectivity index (χ1) is 10.7. The second-order valence-corrected chi connectivity index (χ2v) is 5.95. The molecule has 5 nitrogen and oxygen atoms in total. The molecule has 2 rings (SSSR count). The van der Waals surface area contributed by atoms with Crippen LogP contribution in [0.4, 0.5) is 5.82 Å². The van der Waals surface area contributed by atoms with Gasteiger partial charge in [0.05, 0.1) is 11.7 Å². The smallest absolute Gasteiger partial charge is 0.255 e. The lowest BCUT2D eigenvalue weighted by Crippen LogP contribution is -2.33. The van der Waals surface area contributed by atoms with Gasteiger partial charge in [-0.15, -0.1) is 0 Å². The summed E-state index contributed by atoms with van der Waals surface area (Å²) in [5.41, 5.74) is 0.675. The SMILES string of the molecule is CC(C)OCCCNC(=O)c1cccnc1N1CCCCC1. The van der Waals surface area contributed by atoms with Gasteiger partial charge in [0, 0.05) is 32.4 Å². The van der Waals surface area contributed by atoms with Crippen molar-refractivity contribution in [2.75, 3.05) is 31.1 Å². The number of carbonyl (C=O) groups is 1. The molecule has 5 heteroatoms. The van der Waals surface area contributed by atoms with E-state index in [2.05, 4.69) is 15.2 Å². The summed E-state index contributed by atoms with van der Waals surface area (Å²) in [6.07, 6.45) is 6.43. The van der Waals surface area contributed by atoms with Crippen molar-refractivity contribution < 1.29 is 9.53 Å². The molecule has 0 atom stereocenters. The number of hydrogen-bond donors (Lipinski definition) is 1. The first-order valence-electron chi connectivity index (χ1n) is 8.28. The fourth-order valence-electron chi connectivity index (χ4n) is 2.62. The average Bonchev–Trinajstić information content (AvgIpc) is 2.55. The number of hydrogen-bond acceptors (Lipinski definition) is 4. The average molecular weight is 305 g/mol. The van der Waals surface area contributed by atoms with Crippen LogP contribution in [0.1, 0.15) is 49.9 Å². The summed E-state index contributed by atoms with van der Waals surface area (Å²) in [5.74, 6) is 0.774. The molecule has 1 amide bonds. The monoisotopic (exact) mass is 305 g/mol. The number of amides is 1. The summed E-state index contributed by atoms with van der Waals surface area (Å²) < 4.78 is 5.48. The summed E-state index contributed by atoms with van der Waals surface area (Å²) in [7, 11) is 0. The molecule has 0 aromatic carbocycles. The molecule has 0 radical (unpaired) electrons. The van der Waals surface area contributed by atoms with E-state index in [0.717, 1.165) is 25.3 Å². The number of carbonyl (C=O) groups excluding carboxylic acids is 1. The molecule has 1 fully saturated rings. The van der Waals surface area contributed by atoms with Crippen molar-refractivity contribution in [2.24, 2.45) is 0 Å². The maximum Gasteiger partial charge on any atom is 0.255 e. The van der Waals surface area contributed by atoms with Crippen molar-refractivity contribution in [3.8, 4) is 0 Å². The fourth-order valence-corrected chi connectivity index (χ4v) is 2.62. The minimum absolute atomic E-state index is 0.0433. The van der Waals surface area contributed by atoms with E-state index >= 15 is 0 Å². The van der Waals surface area contributed by atoms with E-state index in [-0.39, 0.29) is 12.0 Å². The largest absolute Gasteiger partial charge is 0.379 e. The Bertz CT molecular complexity index is 471. The van der Waals surface area contributed by atoms with Gasteiger partial charge in [0.25, 0.3) is 5.91 Å². The van der Waals surface area contributed by atoms with E-state index < -0.39 is 0 Å². The zero-order chi connectivity index (χ0) is 15.8. The normalized spacial score (nSPS) is 15.1. The van der Waals surface area contributed by atoms with Crippen LogP contribution in [0.15, 0.2) is 18.3 Å². The summed E-state index contributed by atoms with van der Waals surface area (Å²) in [6, 6.07) is 3.68. The number of nitrogens with zero attached hydrogens (tertiary/aromatic N) is 2. The lowest BCUT2D eigenvalue weighted by Gasteiger charge is -2.29. The number of aromatic nitrogens is 1. The molecule has 2 heterocycles. The fraction of sp³-hybridized carbons (Fsp3) is 0.647. The summed E-state index contributed by atoms with van der Waals surface area (Å²) in [6.45, 7) is 7.29. The maximum absolute atomic E-state index is 12.4. The Hall–Kier alpha value is -1.62. The summed E-state index contributed by atoms with van der Waals surface area (Å²) in [5, 5.41) is 2.97. The zero-order valence-corrected chi connectivity index (χ0v) is 13.7. The molecule has 0 aliphatic carbocycles. The van der Waals surface area contributed by atoms with Gasteiger partial charge in [-0.25, -0.2) is 4.98 Å². The van der Waals surface area contributed by atoms with E-state index in [0.29, 0.717) is 18.7 Å². The first kappa shape index (κ1) is 16.7. The molecule has 1 aliphatic heterocycles. The summed E-state index contributed by atoms with van der Waals surface area (Å²) in [4.78, 5) is 19.0. The van der Waals surface area contributed by atoms with Crippen LogP contribution in [0.3, 0.4) is 0 Å². The van der Waals surface area contributed by atoms with E-state index in [9.17, 15) is 4.79 Å². The number of pyridine rings is 1. The van der Waals surface area contributed by atoms with Crippen LogP contribution >= 0.6 is 0 Å². The van der Waals surface area contributed by atoms with Gasteiger partial charge in [-0.3, -0.25) is 4.79 Å². The van der Waals surface area contributed by atoms with Crippen LogP contribution < -0.4 is 10.2 Å². The molecule has 0 bridgehead atoms. The number of nitrogens with one attached hydrogen (secondary N) is 1. The Morgan fingerprint density at radius 1 is 1.36 bits per heavy atom. The third-order valence-electron chi connectivity index (χ3n) is 3.74. The molecule has 1 N–H and O–H groups in total. The number of rotatable bonds is 7. The van der Waals surface area contributed by atoms with Crippen LogP contribution in [-0.4, -0.2) is 43.2 Å². The highest BCUT2D eigenvalue weighted by Crippen LogP contribution is 2.21. The van der Waals surface area contributed by atoms with E-state index in [1.54, 1.807) is 6.20 Å². The molecular weight excluding hydrogens is 278 g/mol. The van der Waals surface area contributed by atoms with Crippen molar-refractivity contribution in [1.82, 2.24) is 10.3 Å². The van der Waals surface area contributed by atoms with Crippen LogP contribution in [0.2, 0.25) is 0 Å². The Kier molecular flexibility index (Phi) is 6.65. The van der Waals surface area contributed by atoms with Crippen LogP contribution in [0, 0.1) is 0 Å². The van der Waals surface area contributed by atoms with Crippen LogP contribution in [-0.2, 0) is 4.74 Å². The second-order valence-electron chi connectivity index (χ2n) is 5.95. The Balaban J connectivity index is 1.89. The Labute approximate surface area is 133 Å². The number of piperidine rings is 1. The molecule has 0 saturated carbocycles. The van der Waals surface area contributed by atoms with Crippen molar-refractivity contribution >= 4 is 11.7 Å². The number of ether oxygens (including phenoxy) is 1. The molecule has 122 valence electrons. The van der Waals surface area contributed by atoms with E-state index in [4.69, 9.17) is 4.74 Å². The van der Waals surface area contributed by atoms with Gasteiger partial charge in [0.15, 0.2) is 0 Å². The maximum atomic E-state index is 12.4. The molecule has 22 heavy (non-hydrogen) atoms. The number of anilines is 1. The van der Waals surface area contributed by atoms with Crippen molar-refractivity contribution in [3.05, 3.63) is 23.9 Å². The predicted octanol–water partition coefficient (Wildman–Crippen LogP) is 2.62. The lowest BCUT2D eigenvalue weighted by molar-refractivity contribution is 0.0757. The molecule has 1 saturated heterocycles. The molecule has 0 unspecified atom stereocenters. The zero-order valence-electron chi connectivity index (χ0n) is 13.7. The highest BCUT2D eigenvalue weighted by molar-refractivity contribution is 5.98. The van der Waals surface area contributed by atoms with E-state index in [1.165, 1.54) is 19.3 Å². The highest BCUT2D eigenvalue weighted by Gasteiger charge is 2.19. The third kappa shape index (κ3) is 4.98.